The fraction of sp³-hybridized carbons (Fsp3) is 0.133. The fourth-order valence-corrected chi connectivity index (χ4v) is 3.87. The summed E-state index contributed by atoms with van der Waals surface area (Å²) in [5, 5.41) is 12.5. The molecule has 4 aromatic carbocycles. The maximum atomic E-state index is 13.1. The number of benzene rings is 4. The van der Waals surface area contributed by atoms with Crippen LogP contribution >= 0.6 is 0 Å². The predicted molar refractivity (Wildman–Crippen MR) is 137 cm³/mol. The van der Waals surface area contributed by atoms with Gasteiger partial charge in [0.25, 0.3) is 0 Å². The number of para-hydroxylation sites is 1. The first-order valence-corrected chi connectivity index (χ1v) is 11.5. The van der Waals surface area contributed by atoms with E-state index in [1.54, 1.807) is 18.2 Å². The first-order chi connectivity index (χ1) is 17.0. The van der Waals surface area contributed by atoms with Gasteiger partial charge in [0.15, 0.2) is 0 Å². The molecule has 1 amide bonds. The zero-order chi connectivity index (χ0) is 24.6. The Labute approximate surface area is 205 Å². The SMILES string of the molecule is CC(C(=O)Nc1ccccc1Cc1ccccc1C(=O)O)c1ccc(OCc2ccccc2)cc1. The summed E-state index contributed by atoms with van der Waals surface area (Å²) in [5.41, 5.74) is 4.45. The number of carbonyl (C=O) groups is 2. The molecular formula is C30H27NO4. The molecule has 2 N–H and O–H groups in total. The van der Waals surface area contributed by atoms with Crippen molar-refractivity contribution in [3.05, 3.63) is 131 Å². The molecule has 0 spiro atoms. The van der Waals surface area contributed by atoms with Crippen molar-refractivity contribution in [2.24, 2.45) is 0 Å². The van der Waals surface area contributed by atoms with E-state index >= 15 is 0 Å². The molecular weight excluding hydrogens is 438 g/mol. The van der Waals surface area contributed by atoms with E-state index in [9.17, 15) is 14.7 Å². The quantitative estimate of drug-likeness (QED) is 0.304. The lowest BCUT2D eigenvalue weighted by Crippen LogP contribution is -2.19. The third kappa shape index (κ3) is 6.15. The highest BCUT2D eigenvalue weighted by Crippen LogP contribution is 2.25. The van der Waals surface area contributed by atoms with Crippen molar-refractivity contribution in [1.82, 2.24) is 0 Å². The third-order valence-electron chi connectivity index (χ3n) is 5.93. The molecule has 0 aliphatic heterocycles. The van der Waals surface area contributed by atoms with Crippen LogP contribution in [0.3, 0.4) is 0 Å². The van der Waals surface area contributed by atoms with E-state index in [0.717, 1.165) is 22.4 Å². The summed E-state index contributed by atoms with van der Waals surface area (Å²) in [4.78, 5) is 24.6. The van der Waals surface area contributed by atoms with Crippen LogP contribution in [-0.2, 0) is 17.8 Å². The van der Waals surface area contributed by atoms with E-state index in [0.29, 0.717) is 24.3 Å². The van der Waals surface area contributed by atoms with Gasteiger partial charge in [0.05, 0.1) is 11.5 Å². The Balaban J connectivity index is 1.42. The van der Waals surface area contributed by atoms with E-state index in [1.807, 2.05) is 91.9 Å². The number of amides is 1. The van der Waals surface area contributed by atoms with Crippen LogP contribution in [0.2, 0.25) is 0 Å². The van der Waals surface area contributed by atoms with Crippen molar-refractivity contribution in [3.8, 4) is 5.75 Å². The van der Waals surface area contributed by atoms with Crippen LogP contribution in [0.4, 0.5) is 5.69 Å². The number of carbonyl (C=O) groups excluding carboxylic acids is 1. The minimum absolute atomic E-state index is 0.137. The van der Waals surface area contributed by atoms with Crippen molar-refractivity contribution in [1.29, 1.82) is 0 Å². The molecule has 0 fully saturated rings. The number of carboxylic acids is 1. The normalized spacial score (nSPS) is 11.5. The zero-order valence-electron chi connectivity index (χ0n) is 19.5. The first kappa shape index (κ1) is 23.8. The number of hydrogen-bond donors (Lipinski definition) is 2. The maximum Gasteiger partial charge on any atom is 0.335 e. The number of nitrogens with one attached hydrogen (secondary N) is 1. The van der Waals surface area contributed by atoms with Gasteiger partial charge in [-0.3, -0.25) is 4.79 Å². The molecule has 0 saturated carbocycles. The number of ether oxygens (including phenoxy) is 1. The van der Waals surface area contributed by atoms with Crippen LogP contribution in [-0.4, -0.2) is 17.0 Å². The van der Waals surface area contributed by atoms with E-state index in [2.05, 4.69) is 5.32 Å². The van der Waals surface area contributed by atoms with E-state index in [-0.39, 0.29) is 17.4 Å². The van der Waals surface area contributed by atoms with E-state index in [4.69, 9.17) is 4.74 Å². The van der Waals surface area contributed by atoms with Crippen molar-refractivity contribution in [2.45, 2.75) is 25.9 Å². The lowest BCUT2D eigenvalue weighted by atomic mass is 9.97. The first-order valence-electron chi connectivity index (χ1n) is 11.5. The highest BCUT2D eigenvalue weighted by atomic mass is 16.5. The monoisotopic (exact) mass is 465 g/mol. The summed E-state index contributed by atoms with van der Waals surface area (Å²) >= 11 is 0. The van der Waals surface area contributed by atoms with E-state index in [1.165, 1.54) is 0 Å². The molecule has 0 heterocycles. The molecule has 176 valence electrons. The van der Waals surface area contributed by atoms with Gasteiger partial charge in [0.1, 0.15) is 12.4 Å². The van der Waals surface area contributed by atoms with Gasteiger partial charge >= 0.3 is 5.97 Å². The second-order valence-electron chi connectivity index (χ2n) is 8.35. The summed E-state index contributed by atoms with van der Waals surface area (Å²) < 4.78 is 5.84. The topological polar surface area (TPSA) is 75.6 Å². The lowest BCUT2D eigenvalue weighted by molar-refractivity contribution is -0.117. The number of rotatable bonds is 9. The number of aromatic carboxylic acids is 1. The molecule has 1 atom stereocenters. The average molecular weight is 466 g/mol. The second-order valence-corrected chi connectivity index (χ2v) is 8.35. The van der Waals surface area contributed by atoms with Gasteiger partial charge in [-0.2, -0.15) is 0 Å². The van der Waals surface area contributed by atoms with Crippen molar-refractivity contribution >= 4 is 17.6 Å². The lowest BCUT2D eigenvalue weighted by Gasteiger charge is -2.16. The molecule has 0 saturated heterocycles. The molecule has 0 aliphatic carbocycles. The van der Waals surface area contributed by atoms with Gasteiger partial charge in [-0.25, -0.2) is 4.79 Å². The molecule has 1 unspecified atom stereocenters. The highest BCUT2D eigenvalue weighted by molar-refractivity contribution is 5.96. The van der Waals surface area contributed by atoms with Gasteiger partial charge < -0.3 is 15.2 Å². The van der Waals surface area contributed by atoms with Crippen LogP contribution in [0.5, 0.6) is 5.75 Å². The Kier molecular flexibility index (Phi) is 7.58. The minimum Gasteiger partial charge on any atom is -0.489 e. The Bertz CT molecular complexity index is 1300. The van der Waals surface area contributed by atoms with Gasteiger partial charge in [-0.1, -0.05) is 78.9 Å². The van der Waals surface area contributed by atoms with Crippen LogP contribution in [0.25, 0.3) is 0 Å². The average Bonchev–Trinajstić information content (AvgIpc) is 2.89. The number of carboxylic acid groups (broad SMARTS) is 1. The number of anilines is 1. The summed E-state index contributed by atoms with van der Waals surface area (Å²) in [6, 6.07) is 31.9. The Hall–Kier alpha value is -4.38. The van der Waals surface area contributed by atoms with Gasteiger partial charge in [-0.15, -0.1) is 0 Å². The standard InChI is InChI=1S/C30H27NO4/c1-21(23-15-17-26(18-16-23)35-20-22-9-3-2-4-10-22)29(32)31-28-14-8-6-12-25(28)19-24-11-5-7-13-27(24)30(33)34/h2-18,21H,19-20H2,1H3,(H,31,32)(H,33,34). The summed E-state index contributed by atoms with van der Waals surface area (Å²) in [6.45, 7) is 2.34. The van der Waals surface area contributed by atoms with Crippen molar-refractivity contribution < 1.29 is 19.4 Å². The van der Waals surface area contributed by atoms with Crippen molar-refractivity contribution in [3.63, 3.8) is 0 Å². The zero-order valence-corrected chi connectivity index (χ0v) is 19.5. The molecule has 5 nitrogen and oxygen atoms in total. The summed E-state index contributed by atoms with van der Waals surface area (Å²) in [7, 11) is 0. The Morgan fingerprint density at radius 2 is 1.43 bits per heavy atom. The molecule has 5 heteroatoms. The van der Waals surface area contributed by atoms with Gasteiger partial charge in [0, 0.05) is 12.1 Å². The highest BCUT2D eigenvalue weighted by Gasteiger charge is 2.18. The molecule has 0 radical (unpaired) electrons. The fourth-order valence-electron chi connectivity index (χ4n) is 3.87. The Morgan fingerprint density at radius 3 is 2.14 bits per heavy atom. The van der Waals surface area contributed by atoms with Crippen LogP contribution in [0, 0.1) is 0 Å². The molecule has 4 aromatic rings. The molecule has 35 heavy (non-hydrogen) atoms. The van der Waals surface area contributed by atoms with Crippen LogP contribution in [0.15, 0.2) is 103 Å². The largest absolute Gasteiger partial charge is 0.489 e. The molecule has 0 aromatic heterocycles. The van der Waals surface area contributed by atoms with Crippen LogP contribution in [0.1, 0.15) is 45.5 Å². The van der Waals surface area contributed by atoms with Gasteiger partial charge in [-0.05, 0) is 53.4 Å². The minimum atomic E-state index is -0.966. The predicted octanol–water partition coefficient (Wildman–Crippen LogP) is 6.30. The van der Waals surface area contributed by atoms with Crippen LogP contribution < -0.4 is 10.1 Å². The molecule has 0 aliphatic rings. The van der Waals surface area contributed by atoms with Gasteiger partial charge in [0.2, 0.25) is 5.91 Å². The number of hydrogen-bond acceptors (Lipinski definition) is 3. The molecule has 4 rings (SSSR count). The maximum absolute atomic E-state index is 13.1. The third-order valence-corrected chi connectivity index (χ3v) is 5.93. The molecule has 0 bridgehead atoms. The second kappa shape index (κ2) is 11.2. The summed E-state index contributed by atoms with van der Waals surface area (Å²) in [5.74, 6) is -0.737. The summed E-state index contributed by atoms with van der Waals surface area (Å²) in [6.07, 6.45) is 0.404. The van der Waals surface area contributed by atoms with E-state index < -0.39 is 5.97 Å². The smallest absolute Gasteiger partial charge is 0.335 e. The Morgan fingerprint density at radius 1 is 0.800 bits per heavy atom. The van der Waals surface area contributed by atoms with Crippen molar-refractivity contribution in [2.75, 3.05) is 5.32 Å².